The first kappa shape index (κ1) is 14.0. The second-order valence-electron chi connectivity index (χ2n) is 4.98. The zero-order valence-corrected chi connectivity index (χ0v) is 11.6. The van der Waals surface area contributed by atoms with Gasteiger partial charge >= 0.3 is 0 Å². The molecule has 0 saturated carbocycles. The molecule has 2 unspecified atom stereocenters. The number of aromatic nitrogens is 2. The van der Waals surface area contributed by atoms with Gasteiger partial charge in [0.05, 0.1) is 6.10 Å². The molecule has 0 aliphatic carbocycles. The number of hydrogen-bond donors (Lipinski definition) is 3. The Morgan fingerprint density at radius 3 is 2.95 bits per heavy atom. The number of hydrogen-bond acceptors (Lipinski definition) is 6. The van der Waals surface area contributed by atoms with Crippen molar-refractivity contribution in [3.05, 3.63) is 11.9 Å². The van der Waals surface area contributed by atoms with Crippen molar-refractivity contribution in [2.45, 2.75) is 38.8 Å². The van der Waals surface area contributed by atoms with Crippen molar-refractivity contribution in [1.29, 1.82) is 0 Å². The highest BCUT2D eigenvalue weighted by molar-refractivity contribution is 5.48. The van der Waals surface area contributed by atoms with Gasteiger partial charge in [0.25, 0.3) is 0 Å². The number of rotatable bonds is 6. The van der Waals surface area contributed by atoms with Gasteiger partial charge in [-0.3, -0.25) is 0 Å². The van der Waals surface area contributed by atoms with Crippen LogP contribution in [0.2, 0.25) is 0 Å². The molecule has 1 aromatic rings. The lowest BCUT2D eigenvalue weighted by molar-refractivity contribution is 0.120. The molecule has 1 fully saturated rings. The summed E-state index contributed by atoms with van der Waals surface area (Å²) in [7, 11) is 0. The van der Waals surface area contributed by atoms with Crippen LogP contribution in [-0.4, -0.2) is 41.8 Å². The van der Waals surface area contributed by atoms with Gasteiger partial charge in [0.15, 0.2) is 0 Å². The van der Waals surface area contributed by atoms with Crippen molar-refractivity contribution in [3.63, 3.8) is 0 Å². The van der Waals surface area contributed by atoms with Crippen LogP contribution in [-0.2, 0) is 4.74 Å². The predicted octanol–water partition coefficient (Wildman–Crippen LogP) is 1.14. The molecule has 1 aromatic heterocycles. The maximum atomic E-state index is 5.60. The molecule has 1 saturated heterocycles. The smallest absolute Gasteiger partial charge is 0.132 e. The second kappa shape index (κ2) is 6.68. The summed E-state index contributed by atoms with van der Waals surface area (Å²) in [5.41, 5.74) is 5.60. The monoisotopic (exact) mass is 265 g/mol. The van der Waals surface area contributed by atoms with Gasteiger partial charge in [-0.25, -0.2) is 9.97 Å². The van der Waals surface area contributed by atoms with Gasteiger partial charge in [-0.15, -0.1) is 0 Å². The van der Waals surface area contributed by atoms with E-state index < -0.39 is 0 Å². The molecule has 2 heterocycles. The van der Waals surface area contributed by atoms with Gasteiger partial charge in [0.1, 0.15) is 17.5 Å². The fourth-order valence-corrected chi connectivity index (χ4v) is 2.07. The normalized spacial score (nSPS) is 20.3. The standard InChI is InChI=1S/C13H23N5O/c1-9(7-14)16-13-6-12(17-10(2)18-13)15-8-11-4-3-5-19-11/h6,9,11H,3-5,7-8,14H2,1-2H3,(H2,15,16,17,18). The van der Waals surface area contributed by atoms with Crippen LogP contribution >= 0.6 is 0 Å². The maximum Gasteiger partial charge on any atom is 0.132 e. The third-order valence-electron chi connectivity index (χ3n) is 3.12. The van der Waals surface area contributed by atoms with Crippen molar-refractivity contribution < 1.29 is 4.74 Å². The van der Waals surface area contributed by atoms with Gasteiger partial charge in [-0.05, 0) is 26.7 Å². The number of ether oxygens (including phenoxy) is 1. The summed E-state index contributed by atoms with van der Waals surface area (Å²) in [6.07, 6.45) is 2.57. The van der Waals surface area contributed by atoms with Gasteiger partial charge in [-0.1, -0.05) is 0 Å². The molecule has 2 atom stereocenters. The van der Waals surface area contributed by atoms with E-state index in [0.29, 0.717) is 12.6 Å². The Bertz CT molecular complexity index is 406. The molecule has 106 valence electrons. The summed E-state index contributed by atoms with van der Waals surface area (Å²) in [4.78, 5) is 8.73. The minimum Gasteiger partial charge on any atom is -0.376 e. The first-order valence-electron chi connectivity index (χ1n) is 6.85. The third-order valence-corrected chi connectivity index (χ3v) is 3.12. The molecular weight excluding hydrogens is 242 g/mol. The Labute approximate surface area is 114 Å². The molecule has 4 N–H and O–H groups in total. The van der Waals surface area contributed by atoms with Crippen LogP contribution in [0.3, 0.4) is 0 Å². The van der Waals surface area contributed by atoms with Gasteiger partial charge in [0.2, 0.25) is 0 Å². The van der Waals surface area contributed by atoms with Gasteiger partial charge in [-0.2, -0.15) is 0 Å². The van der Waals surface area contributed by atoms with Gasteiger partial charge in [0, 0.05) is 31.8 Å². The van der Waals surface area contributed by atoms with Crippen LogP contribution in [0.25, 0.3) is 0 Å². The van der Waals surface area contributed by atoms with Crippen molar-refractivity contribution >= 4 is 11.6 Å². The van der Waals surface area contributed by atoms with Crippen molar-refractivity contribution in [2.75, 3.05) is 30.3 Å². The summed E-state index contributed by atoms with van der Waals surface area (Å²) in [6, 6.07) is 2.11. The number of aryl methyl sites for hydroxylation is 1. The average molecular weight is 265 g/mol. The van der Waals surface area contributed by atoms with E-state index in [9.17, 15) is 0 Å². The number of anilines is 2. The minimum absolute atomic E-state index is 0.195. The van der Waals surface area contributed by atoms with Crippen LogP contribution in [0.15, 0.2) is 6.07 Å². The molecule has 6 nitrogen and oxygen atoms in total. The van der Waals surface area contributed by atoms with Crippen LogP contribution in [0, 0.1) is 6.92 Å². The van der Waals surface area contributed by atoms with E-state index in [-0.39, 0.29) is 6.04 Å². The lowest BCUT2D eigenvalue weighted by Crippen LogP contribution is -2.26. The highest BCUT2D eigenvalue weighted by Crippen LogP contribution is 2.15. The highest BCUT2D eigenvalue weighted by atomic mass is 16.5. The Morgan fingerprint density at radius 2 is 2.26 bits per heavy atom. The lowest BCUT2D eigenvalue weighted by atomic mass is 10.2. The Balaban J connectivity index is 1.95. The van der Waals surface area contributed by atoms with Crippen LogP contribution < -0.4 is 16.4 Å². The molecule has 0 amide bonds. The van der Waals surface area contributed by atoms with Crippen LogP contribution in [0.1, 0.15) is 25.6 Å². The highest BCUT2D eigenvalue weighted by Gasteiger charge is 2.15. The van der Waals surface area contributed by atoms with Crippen LogP contribution in [0.4, 0.5) is 11.6 Å². The largest absolute Gasteiger partial charge is 0.376 e. The fraction of sp³-hybridized carbons (Fsp3) is 0.692. The molecule has 0 aromatic carbocycles. The minimum atomic E-state index is 0.195. The third kappa shape index (κ3) is 4.33. The zero-order chi connectivity index (χ0) is 13.7. The number of nitrogens with two attached hydrogens (primary N) is 1. The van der Waals surface area contributed by atoms with E-state index in [4.69, 9.17) is 10.5 Å². The maximum absolute atomic E-state index is 5.60. The Morgan fingerprint density at radius 1 is 1.47 bits per heavy atom. The SMILES string of the molecule is Cc1nc(NCC2CCCO2)cc(NC(C)CN)n1. The Hall–Kier alpha value is -1.40. The van der Waals surface area contributed by atoms with Crippen molar-refractivity contribution in [1.82, 2.24) is 9.97 Å². The molecule has 2 rings (SSSR count). The molecule has 1 aliphatic rings. The van der Waals surface area contributed by atoms with Crippen molar-refractivity contribution in [3.8, 4) is 0 Å². The lowest BCUT2D eigenvalue weighted by Gasteiger charge is -2.15. The van der Waals surface area contributed by atoms with Gasteiger partial charge < -0.3 is 21.1 Å². The van der Waals surface area contributed by atoms with E-state index in [1.54, 1.807) is 0 Å². The average Bonchev–Trinajstić information content (AvgIpc) is 2.88. The molecule has 6 heteroatoms. The molecule has 19 heavy (non-hydrogen) atoms. The summed E-state index contributed by atoms with van der Waals surface area (Å²) < 4.78 is 5.58. The molecule has 1 aliphatic heterocycles. The second-order valence-corrected chi connectivity index (χ2v) is 4.98. The quantitative estimate of drug-likeness (QED) is 0.715. The summed E-state index contributed by atoms with van der Waals surface area (Å²) >= 11 is 0. The van der Waals surface area contributed by atoms with E-state index in [1.807, 2.05) is 19.9 Å². The molecule has 0 radical (unpaired) electrons. The fourth-order valence-electron chi connectivity index (χ4n) is 2.07. The van der Waals surface area contributed by atoms with Crippen molar-refractivity contribution in [2.24, 2.45) is 5.73 Å². The number of nitrogens with zero attached hydrogens (tertiary/aromatic N) is 2. The van der Waals surface area contributed by atoms with E-state index in [2.05, 4.69) is 20.6 Å². The first-order chi connectivity index (χ1) is 9.17. The topological polar surface area (TPSA) is 85.1 Å². The van der Waals surface area contributed by atoms with E-state index in [1.165, 1.54) is 0 Å². The molecule has 0 spiro atoms. The molecule has 0 bridgehead atoms. The van der Waals surface area contributed by atoms with Crippen LogP contribution in [0.5, 0.6) is 0 Å². The predicted molar refractivity (Wildman–Crippen MR) is 76.4 cm³/mol. The van der Waals surface area contributed by atoms with E-state index >= 15 is 0 Å². The first-order valence-corrected chi connectivity index (χ1v) is 6.85. The van der Waals surface area contributed by atoms with E-state index in [0.717, 1.165) is 43.5 Å². The number of nitrogens with one attached hydrogen (secondary N) is 2. The Kier molecular flexibility index (Phi) is 4.93. The molecular formula is C13H23N5O. The zero-order valence-electron chi connectivity index (χ0n) is 11.6. The summed E-state index contributed by atoms with van der Waals surface area (Å²) in [5, 5.41) is 6.57. The summed E-state index contributed by atoms with van der Waals surface area (Å²) in [6.45, 7) is 6.15. The summed E-state index contributed by atoms with van der Waals surface area (Å²) in [5.74, 6) is 2.37.